The first-order chi connectivity index (χ1) is 16.9. The maximum Gasteiger partial charge on any atom is 0.260 e. The molecule has 1 aliphatic heterocycles. The second kappa shape index (κ2) is 8.75. The van der Waals surface area contributed by atoms with Gasteiger partial charge in [0.05, 0.1) is 11.0 Å². The third-order valence-electron chi connectivity index (χ3n) is 8.25. The van der Waals surface area contributed by atoms with Crippen LogP contribution >= 0.6 is 0 Å². The van der Waals surface area contributed by atoms with E-state index in [1.165, 1.54) is 12.8 Å². The van der Waals surface area contributed by atoms with E-state index in [4.69, 9.17) is 4.98 Å². The fraction of sp³-hybridized carbons (Fsp3) is 0.593. The number of aliphatic hydroxyl groups is 1. The summed E-state index contributed by atoms with van der Waals surface area (Å²) in [6, 6.07) is 6.29. The van der Waals surface area contributed by atoms with Gasteiger partial charge < -0.3 is 20.2 Å². The quantitative estimate of drug-likeness (QED) is 0.546. The van der Waals surface area contributed by atoms with Gasteiger partial charge in [0.25, 0.3) is 5.56 Å². The van der Waals surface area contributed by atoms with Crippen LogP contribution in [-0.4, -0.2) is 69.9 Å². The van der Waals surface area contributed by atoms with Gasteiger partial charge in [-0.05, 0) is 75.9 Å². The van der Waals surface area contributed by atoms with E-state index in [-0.39, 0.29) is 11.6 Å². The Kier molecular flexibility index (Phi) is 5.68. The molecule has 8 heteroatoms. The minimum absolute atomic E-state index is 0.0156. The summed E-state index contributed by atoms with van der Waals surface area (Å²) < 4.78 is 1.91. The Morgan fingerprint density at radius 2 is 1.80 bits per heavy atom. The van der Waals surface area contributed by atoms with Gasteiger partial charge in [0, 0.05) is 56.0 Å². The number of nitrogens with one attached hydrogen (secondary N) is 1. The highest BCUT2D eigenvalue weighted by Crippen LogP contribution is 2.37. The molecule has 0 bridgehead atoms. The van der Waals surface area contributed by atoms with Crippen molar-refractivity contribution in [3.8, 4) is 0 Å². The van der Waals surface area contributed by atoms with Gasteiger partial charge in [0.2, 0.25) is 5.95 Å². The fourth-order valence-electron chi connectivity index (χ4n) is 5.64. The smallest absolute Gasteiger partial charge is 0.260 e. The molecule has 3 aliphatic rings. The molecule has 0 spiro atoms. The van der Waals surface area contributed by atoms with Crippen LogP contribution in [0.4, 0.5) is 11.6 Å². The molecule has 8 nitrogen and oxygen atoms in total. The van der Waals surface area contributed by atoms with Crippen LogP contribution in [0.15, 0.2) is 29.2 Å². The van der Waals surface area contributed by atoms with Crippen LogP contribution in [0.3, 0.4) is 0 Å². The molecule has 0 radical (unpaired) electrons. The first-order valence-corrected chi connectivity index (χ1v) is 13.1. The Hall–Kier alpha value is -2.71. The summed E-state index contributed by atoms with van der Waals surface area (Å²) in [6.07, 6.45) is 7.29. The predicted molar refractivity (Wildman–Crippen MR) is 140 cm³/mol. The van der Waals surface area contributed by atoms with Gasteiger partial charge in [0.15, 0.2) is 0 Å². The van der Waals surface area contributed by atoms with Crippen LogP contribution in [0, 0.1) is 5.92 Å². The summed E-state index contributed by atoms with van der Waals surface area (Å²) in [5.41, 5.74) is 1.16. The number of hydrogen-bond acceptors (Lipinski definition) is 7. The van der Waals surface area contributed by atoms with E-state index in [1.807, 2.05) is 17.7 Å². The van der Waals surface area contributed by atoms with Crippen molar-refractivity contribution < 1.29 is 5.11 Å². The Morgan fingerprint density at radius 3 is 2.51 bits per heavy atom. The normalized spacial score (nSPS) is 25.9. The van der Waals surface area contributed by atoms with E-state index in [0.717, 1.165) is 67.4 Å². The Labute approximate surface area is 206 Å². The van der Waals surface area contributed by atoms with Crippen molar-refractivity contribution in [3.05, 3.63) is 34.7 Å². The summed E-state index contributed by atoms with van der Waals surface area (Å²) in [6.45, 7) is 6.74. The second-order valence-corrected chi connectivity index (χ2v) is 11.2. The maximum absolute atomic E-state index is 14.1. The van der Waals surface area contributed by atoms with Crippen LogP contribution in [0.5, 0.6) is 0 Å². The lowest BCUT2D eigenvalue weighted by molar-refractivity contribution is 0.0100. The molecule has 2 aromatic heterocycles. The van der Waals surface area contributed by atoms with Gasteiger partial charge in [-0.15, -0.1) is 0 Å². The van der Waals surface area contributed by atoms with Gasteiger partial charge in [-0.25, -0.2) is 4.98 Å². The number of rotatable bonds is 5. The third-order valence-corrected chi connectivity index (χ3v) is 8.25. The molecular formula is C27H36N6O2. The lowest BCUT2D eigenvalue weighted by Gasteiger charge is -2.35. The van der Waals surface area contributed by atoms with Gasteiger partial charge in [0.1, 0.15) is 5.65 Å². The average Bonchev–Trinajstić information content (AvgIpc) is 3.68. The molecule has 6 rings (SSSR count). The molecule has 3 aromatic rings. The van der Waals surface area contributed by atoms with Gasteiger partial charge in [-0.1, -0.05) is 6.07 Å². The predicted octanol–water partition coefficient (Wildman–Crippen LogP) is 3.38. The van der Waals surface area contributed by atoms with Crippen LogP contribution in [0.2, 0.25) is 0 Å². The first-order valence-electron chi connectivity index (χ1n) is 13.1. The molecule has 186 valence electrons. The molecule has 0 amide bonds. The van der Waals surface area contributed by atoms with Crippen LogP contribution in [0.25, 0.3) is 21.8 Å². The van der Waals surface area contributed by atoms with E-state index in [2.05, 4.69) is 45.3 Å². The van der Waals surface area contributed by atoms with Crippen molar-refractivity contribution >= 4 is 33.4 Å². The Morgan fingerprint density at radius 1 is 1.06 bits per heavy atom. The van der Waals surface area contributed by atoms with Crippen molar-refractivity contribution in [1.29, 1.82) is 0 Å². The molecule has 0 unspecified atom stereocenters. The molecule has 2 N–H and O–H groups in total. The standard InChI is InChI=1S/C27H36N6O2/c1-27(35)9-7-19(8-10-27)33-24-23(17-29-26(30-24)28-16-18-3-4-18)21-6-5-20(15-22(21)25(33)34)32-13-11-31(2)12-14-32/h5-6,15,17-19,35H,3-4,7-14,16H2,1-2H3,(H,28,29,30). The molecule has 3 heterocycles. The topological polar surface area (TPSA) is 86.5 Å². The average molecular weight is 477 g/mol. The monoisotopic (exact) mass is 476 g/mol. The van der Waals surface area contributed by atoms with Gasteiger partial charge >= 0.3 is 0 Å². The second-order valence-electron chi connectivity index (χ2n) is 11.2. The summed E-state index contributed by atoms with van der Waals surface area (Å²) in [7, 11) is 2.15. The molecule has 1 saturated heterocycles. The molecule has 35 heavy (non-hydrogen) atoms. The van der Waals surface area contributed by atoms with Crippen molar-refractivity contribution in [1.82, 2.24) is 19.4 Å². The van der Waals surface area contributed by atoms with Crippen molar-refractivity contribution in [2.24, 2.45) is 5.92 Å². The molecule has 2 saturated carbocycles. The number of hydrogen-bond donors (Lipinski definition) is 2. The van der Waals surface area contributed by atoms with E-state index < -0.39 is 5.60 Å². The molecule has 1 aromatic carbocycles. The minimum Gasteiger partial charge on any atom is -0.390 e. The zero-order valence-corrected chi connectivity index (χ0v) is 20.8. The number of benzene rings is 1. The number of piperazine rings is 1. The summed E-state index contributed by atoms with van der Waals surface area (Å²) in [4.78, 5) is 28.3. The first kappa shape index (κ1) is 22.7. The lowest BCUT2D eigenvalue weighted by Crippen LogP contribution is -2.44. The highest BCUT2D eigenvalue weighted by Gasteiger charge is 2.31. The van der Waals surface area contributed by atoms with E-state index >= 15 is 0 Å². The van der Waals surface area contributed by atoms with Gasteiger partial charge in [-0.2, -0.15) is 4.98 Å². The third kappa shape index (κ3) is 4.49. The van der Waals surface area contributed by atoms with E-state index in [1.54, 1.807) is 0 Å². The number of nitrogens with zero attached hydrogens (tertiary/aromatic N) is 5. The highest BCUT2D eigenvalue weighted by atomic mass is 16.3. The zero-order chi connectivity index (χ0) is 24.2. The van der Waals surface area contributed by atoms with Crippen molar-refractivity contribution in [2.75, 3.05) is 50.0 Å². The maximum atomic E-state index is 14.1. The van der Waals surface area contributed by atoms with Gasteiger partial charge in [-0.3, -0.25) is 9.36 Å². The summed E-state index contributed by atoms with van der Waals surface area (Å²) in [5, 5.41) is 16.5. The molecule has 0 atom stereocenters. The fourth-order valence-corrected chi connectivity index (χ4v) is 5.64. The van der Waals surface area contributed by atoms with Crippen molar-refractivity contribution in [3.63, 3.8) is 0 Å². The van der Waals surface area contributed by atoms with Crippen molar-refractivity contribution in [2.45, 2.75) is 57.1 Å². The lowest BCUT2D eigenvalue weighted by atomic mass is 9.83. The molecular weight excluding hydrogens is 440 g/mol. The van der Waals surface area contributed by atoms with Crippen LogP contribution in [-0.2, 0) is 0 Å². The zero-order valence-electron chi connectivity index (χ0n) is 20.8. The number of pyridine rings is 1. The van der Waals surface area contributed by atoms with E-state index in [9.17, 15) is 9.90 Å². The largest absolute Gasteiger partial charge is 0.390 e. The summed E-state index contributed by atoms with van der Waals surface area (Å²) in [5.74, 6) is 1.30. The van der Waals surface area contributed by atoms with Crippen LogP contribution in [0.1, 0.15) is 51.5 Å². The Bertz CT molecular complexity index is 1300. The SMILES string of the molecule is CN1CCN(c2ccc3c(c2)c(=O)n(C2CCC(C)(O)CC2)c2nc(NCC4CC4)ncc32)CC1. The minimum atomic E-state index is -0.659. The Balaban J connectivity index is 1.47. The summed E-state index contributed by atoms with van der Waals surface area (Å²) >= 11 is 0. The molecule has 3 fully saturated rings. The highest BCUT2D eigenvalue weighted by molar-refractivity contribution is 6.05. The molecule has 2 aliphatic carbocycles. The number of fused-ring (bicyclic) bond motifs is 3. The number of likely N-dealkylation sites (N-methyl/N-ethyl adjacent to an activating group) is 1. The van der Waals surface area contributed by atoms with E-state index in [0.29, 0.717) is 30.4 Å². The number of aromatic nitrogens is 3. The van der Waals surface area contributed by atoms with Crippen LogP contribution < -0.4 is 15.8 Å². The number of anilines is 2.